The predicted molar refractivity (Wildman–Crippen MR) is 60.1 cm³/mol. The molecule has 0 aromatic heterocycles. The van der Waals surface area contributed by atoms with Gasteiger partial charge in [-0.2, -0.15) is 0 Å². The molecular formula is C11H26N2. The molecule has 0 fully saturated rings. The van der Waals surface area contributed by atoms with Gasteiger partial charge < -0.3 is 10.2 Å². The maximum atomic E-state index is 3.18. The van der Waals surface area contributed by atoms with E-state index in [0.29, 0.717) is 0 Å². The lowest BCUT2D eigenvalue weighted by atomic mass is 10.0. The van der Waals surface area contributed by atoms with E-state index in [9.17, 15) is 0 Å². The molecule has 0 radical (unpaired) electrons. The third-order valence-corrected chi connectivity index (χ3v) is 2.59. The molecule has 0 aliphatic carbocycles. The van der Waals surface area contributed by atoms with Gasteiger partial charge in [-0.1, -0.05) is 26.7 Å². The summed E-state index contributed by atoms with van der Waals surface area (Å²) < 4.78 is 0. The van der Waals surface area contributed by atoms with Crippen LogP contribution in [0.5, 0.6) is 0 Å². The molecule has 0 spiro atoms. The summed E-state index contributed by atoms with van der Waals surface area (Å²) in [5.74, 6) is 0.895. The van der Waals surface area contributed by atoms with Crippen molar-refractivity contribution in [2.45, 2.75) is 33.1 Å². The first kappa shape index (κ1) is 12.9. The Morgan fingerprint density at radius 2 is 2.00 bits per heavy atom. The van der Waals surface area contributed by atoms with Crippen LogP contribution in [-0.2, 0) is 0 Å². The largest absolute Gasteiger partial charge is 0.318 e. The van der Waals surface area contributed by atoms with Gasteiger partial charge >= 0.3 is 0 Å². The van der Waals surface area contributed by atoms with Crippen molar-refractivity contribution in [3.8, 4) is 0 Å². The normalized spacial score (nSPS) is 13.6. The van der Waals surface area contributed by atoms with E-state index in [0.717, 1.165) is 19.0 Å². The average Bonchev–Trinajstić information content (AvgIpc) is 2.14. The molecule has 0 aromatic carbocycles. The van der Waals surface area contributed by atoms with Gasteiger partial charge in [0.1, 0.15) is 0 Å². The lowest BCUT2D eigenvalue weighted by Gasteiger charge is -2.22. The van der Waals surface area contributed by atoms with Gasteiger partial charge in [0, 0.05) is 19.6 Å². The van der Waals surface area contributed by atoms with E-state index in [-0.39, 0.29) is 0 Å². The van der Waals surface area contributed by atoms with Crippen LogP contribution in [0.15, 0.2) is 0 Å². The third kappa shape index (κ3) is 7.03. The fourth-order valence-electron chi connectivity index (χ4n) is 1.67. The van der Waals surface area contributed by atoms with Crippen molar-refractivity contribution in [1.82, 2.24) is 10.2 Å². The Bertz CT molecular complexity index is 104. The zero-order valence-corrected chi connectivity index (χ0v) is 9.77. The summed E-state index contributed by atoms with van der Waals surface area (Å²) in [6.07, 6.45) is 4.01. The molecule has 1 unspecified atom stereocenters. The minimum Gasteiger partial charge on any atom is -0.318 e. The molecule has 2 heteroatoms. The second-order valence-electron chi connectivity index (χ2n) is 3.93. The quantitative estimate of drug-likeness (QED) is 0.623. The smallest absolute Gasteiger partial charge is 0.0104 e. The molecule has 2 nitrogen and oxygen atoms in total. The Hall–Kier alpha value is -0.0800. The minimum absolute atomic E-state index is 0.895. The fraction of sp³-hybridized carbons (Fsp3) is 1.00. The van der Waals surface area contributed by atoms with Crippen molar-refractivity contribution < 1.29 is 0 Å². The van der Waals surface area contributed by atoms with E-state index in [1.54, 1.807) is 0 Å². The van der Waals surface area contributed by atoms with Gasteiger partial charge in [-0.25, -0.2) is 0 Å². The molecule has 1 N–H and O–H groups in total. The maximum absolute atomic E-state index is 3.18. The van der Waals surface area contributed by atoms with Gasteiger partial charge in [-0.05, 0) is 26.4 Å². The van der Waals surface area contributed by atoms with Crippen LogP contribution >= 0.6 is 0 Å². The van der Waals surface area contributed by atoms with E-state index in [4.69, 9.17) is 0 Å². The highest BCUT2D eigenvalue weighted by Crippen LogP contribution is 2.11. The highest BCUT2D eigenvalue weighted by atomic mass is 15.1. The molecule has 0 rings (SSSR count). The summed E-state index contributed by atoms with van der Waals surface area (Å²) in [7, 11) is 4.23. The van der Waals surface area contributed by atoms with Gasteiger partial charge in [0.15, 0.2) is 0 Å². The van der Waals surface area contributed by atoms with E-state index >= 15 is 0 Å². The average molecular weight is 186 g/mol. The molecule has 0 aliphatic rings. The number of rotatable bonds is 8. The van der Waals surface area contributed by atoms with Crippen molar-refractivity contribution >= 4 is 0 Å². The Labute approximate surface area is 83.7 Å². The summed E-state index contributed by atoms with van der Waals surface area (Å²) >= 11 is 0. The summed E-state index contributed by atoms with van der Waals surface area (Å²) in [5, 5.41) is 3.18. The number of likely N-dealkylation sites (N-methyl/N-ethyl adjacent to an activating group) is 2. The molecule has 0 bridgehead atoms. The van der Waals surface area contributed by atoms with Crippen molar-refractivity contribution in [3.05, 3.63) is 0 Å². The molecule has 80 valence electrons. The first-order chi connectivity index (χ1) is 6.24. The SMILES string of the molecule is CCCC(CC)CN(C)CCNC. The topological polar surface area (TPSA) is 15.3 Å². The Kier molecular flexibility index (Phi) is 8.46. The molecule has 0 aliphatic heterocycles. The Balaban J connectivity index is 3.53. The van der Waals surface area contributed by atoms with Crippen molar-refractivity contribution in [2.75, 3.05) is 33.7 Å². The van der Waals surface area contributed by atoms with Crippen LogP contribution < -0.4 is 5.32 Å². The lowest BCUT2D eigenvalue weighted by Crippen LogP contribution is -2.31. The predicted octanol–water partition coefficient (Wildman–Crippen LogP) is 1.96. The van der Waals surface area contributed by atoms with Gasteiger partial charge in [-0.3, -0.25) is 0 Å². The van der Waals surface area contributed by atoms with Crippen molar-refractivity contribution in [1.29, 1.82) is 0 Å². The zero-order valence-electron chi connectivity index (χ0n) is 9.77. The van der Waals surface area contributed by atoms with Crippen LogP contribution in [0.25, 0.3) is 0 Å². The molecule has 0 amide bonds. The van der Waals surface area contributed by atoms with Gasteiger partial charge in [-0.15, -0.1) is 0 Å². The minimum atomic E-state index is 0.895. The first-order valence-corrected chi connectivity index (χ1v) is 5.57. The second-order valence-corrected chi connectivity index (χ2v) is 3.93. The number of nitrogens with zero attached hydrogens (tertiary/aromatic N) is 1. The van der Waals surface area contributed by atoms with Crippen LogP contribution in [0.3, 0.4) is 0 Å². The Morgan fingerprint density at radius 3 is 2.46 bits per heavy atom. The summed E-state index contributed by atoms with van der Waals surface area (Å²) in [6, 6.07) is 0. The number of nitrogens with one attached hydrogen (secondary N) is 1. The van der Waals surface area contributed by atoms with E-state index in [2.05, 4.69) is 31.1 Å². The maximum Gasteiger partial charge on any atom is 0.0104 e. The van der Waals surface area contributed by atoms with Crippen LogP contribution in [0.2, 0.25) is 0 Å². The molecule has 1 atom stereocenters. The summed E-state index contributed by atoms with van der Waals surface area (Å²) in [6.45, 7) is 8.09. The lowest BCUT2D eigenvalue weighted by molar-refractivity contribution is 0.263. The number of hydrogen-bond acceptors (Lipinski definition) is 2. The molecular weight excluding hydrogens is 160 g/mol. The monoisotopic (exact) mass is 186 g/mol. The first-order valence-electron chi connectivity index (χ1n) is 5.57. The van der Waals surface area contributed by atoms with E-state index < -0.39 is 0 Å². The van der Waals surface area contributed by atoms with E-state index in [1.165, 1.54) is 25.8 Å². The number of hydrogen-bond donors (Lipinski definition) is 1. The standard InChI is InChI=1S/C11H26N2/c1-5-7-11(6-2)10-13(4)9-8-12-3/h11-12H,5-10H2,1-4H3. The third-order valence-electron chi connectivity index (χ3n) is 2.59. The van der Waals surface area contributed by atoms with Gasteiger partial charge in [0.25, 0.3) is 0 Å². The van der Waals surface area contributed by atoms with Crippen LogP contribution in [0.1, 0.15) is 33.1 Å². The second kappa shape index (κ2) is 8.52. The highest BCUT2D eigenvalue weighted by Gasteiger charge is 2.07. The van der Waals surface area contributed by atoms with Crippen molar-refractivity contribution in [2.24, 2.45) is 5.92 Å². The molecule has 13 heavy (non-hydrogen) atoms. The summed E-state index contributed by atoms with van der Waals surface area (Å²) in [4.78, 5) is 2.43. The van der Waals surface area contributed by atoms with Gasteiger partial charge in [0.05, 0.1) is 0 Å². The van der Waals surface area contributed by atoms with Crippen LogP contribution in [-0.4, -0.2) is 38.6 Å². The van der Waals surface area contributed by atoms with Crippen molar-refractivity contribution in [3.63, 3.8) is 0 Å². The van der Waals surface area contributed by atoms with E-state index in [1.807, 2.05) is 7.05 Å². The highest BCUT2D eigenvalue weighted by molar-refractivity contribution is 4.62. The Morgan fingerprint density at radius 1 is 1.31 bits per heavy atom. The molecule has 0 aromatic rings. The molecule has 0 saturated carbocycles. The summed E-state index contributed by atoms with van der Waals surface area (Å²) in [5.41, 5.74) is 0. The molecule has 0 heterocycles. The van der Waals surface area contributed by atoms with Gasteiger partial charge in [0.2, 0.25) is 0 Å². The van der Waals surface area contributed by atoms with Crippen LogP contribution in [0, 0.1) is 5.92 Å². The molecule has 0 saturated heterocycles. The zero-order chi connectivity index (χ0) is 10.1. The fourth-order valence-corrected chi connectivity index (χ4v) is 1.67. The van der Waals surface area contributed by atoms with Crippen LogP contribution in [0.4, 0.5) is 0 Å².